The fourth-order valence-electron chi connectivity index (χ4n) is 2.00. The number of aryl methyl sites for hydroxylation is 1. The summed E-state index contributed by atoms with van der Waals surface area (Å²) >= 11 is 0. The van der Waals surface area contributed by atoms with Crippen molar-refractivity contribution in [2.75, 3.05) is 13.2 Å². The number of carbonyl (C=O) groups excluding carboxylic acids is 1. The first-order valence-corrected chi connectivity index (χ1v) is 7.10. The highest BCUT2D eigenvalue weighted by atomic mass is 16.2. The second-order valence-electron chi connectivity index (χ2n) is 4.88. The van der Waals surface area contributed by atoms with E-state index in [-0.39, 0.29) is 12.5 Å². The van der Waals surface area contributed by atoms with E-state index < -0.39 is 0 Å². The van der Waals surface area contributed by atoms with Gasteiger partial charge in [-0.3, -0.25) is 4.79 Å². The van der Waals surface area contributed by atoms with E-state index in [1.54, 1.807) is 6.07 Å². The van der Waals surface area contributed by atoms with Gasteiger partial charge in [-0.15, -0.1) is 0 Å². The van der Waals surface area contributed by atoms with E-state index in [4.69, 9.17) is 5.11 Å². The summed E-state index contributed by atoms with van der Waals surface area (Å²) in [5.74, 6) is 5.98. The second kappa shape index (κ2) is 8.39. The molecule has 1 aromatic carbocycles. The van der Waals surface area contributed by atoms with Gasteiger partial charge in [-0.1, -0.05) is 38.5 Å². The van der Waals surface area contributed by atoms with E-state index in [1.165, 1.54) is 0 Å². The number of hydrogen-bond acceptors (Lipinski definition) is 2. The van der Waals surface area contributed by atoms with Crippen molar-refractivity contribution in [3.8, 4) is 11.8 Å². The van der Waals surface area contributed by atoms with Crippen LogP contribution in [0, 0.1) is 24.7 Å². The molecule has 0 saturated heterocycles. The summed E-state index contributed by atoms with van der Waals surface area (Å²) in [6.45, 7) is 6.76. The molecule has 0 saturated carbocycles. The van der Waals surface area contributed by atoms with E-state index in [9.17, 15) is 4.79 Å². The summed E-state index contributed by atoms with van der Waals surface area (Å²) in [6, 6.07) is 5.43. The van der Waals surface area contributed by atoms with Crippen LogP contribution in [-0.4, -0.2) is 24.2 Å². The number of hydrogen-bond donors (Lipinski definition) is 2. The van der Waals surface area contributed by atoms with Crippen LogP contribution in [0.1, 0.15) is 48.2 Å². The molecule has 0 aromatic heterocycles. The summed E-state index contributed by atoms with van der Waals surface area (Å²) in [5, 5.41) is 11.7. The average molecular weight is 273 g/mol. The van der Waals surface area contributed by atoms with Gasteiger partial charge in [0.05, 0.1) is 0 Å². The van der Waals surface area contributed by atoms with Crippen molar-refractivity contribution in [1.82, 2.24) is 5.32 Å². The van der Waals surface area contributed by atoms with Crippen molar-refractivity contribution in [3.05, 3.63) is 34.9 Å². The lowest BCUT2D eigenvalue weighted by molar-refractivity contribution is 0.0946. The van der Waals surface area contributed by atoms with Crippen LogP contribution in [0.2, 0.25) is 0 Å². The second-order valence-corrected chi connectivity index (χ2v) is 4.88. The first kappa shape index (κ1) is 16.3. The molecule has 3 heteroatoms. The Morgan fingerprint density at radius 1 is 1.35 bits per heavy atom. The molecular weight excluding hydrogens is 250 g/mol. The highest BCUT2D eigenvalue weighted by Crippen LogP contribution is 2.11. The largest absolute Gasteiger partial charge is 0.384 e. The molecule has 0 unspecified atom stereocenters. The fourth-order valence-corrected chi connectivity index (χ4v) is 2.00. The molecular formula is C17H23NO2. The van der Waals surface area contributed by atoms with Crippen LogP contribution in [-0.2, 0) is 0 Å². The predicted octanol–water partition coefficient (Wildman–Crippen LogP) is 2.50. The van der Waals surface area contributed by atoms with Crippen LogP contribution in [0.25, 0.3) is 0 Å². The number of aliphatic hydroxyl groups excluding tert-OH is 1. The van der Waals surface area contributed by atoms with Crippen molar-refractivity contribution >= 4 is 5.91 Å². The Morgan fingerprint density at radius 2 is 2.05 bits per heavy atom. The van der Waals surface area contributed by atoms with E-state index in [0.29, 0.717) is 11.5 Å². The zero-order valence-corrected chi connectivity index (χ0v) is 12.5. The predicted molar refractivity (Wildman–Crippen MR) is 81.5 cm³/mol. The molecule has 1 rings (SSSR count). The van der Waals surface area contributed by atoms with Gasteiger partial charge in [0.15, 0.2) is 0 Å². The van der Waals surface area contributed by atoms with Crippen molar-refractivity contribution in [2.45, 2.75) is 33.6 Å². The Morgan fingerprint density at radius 3 is 2.60 bits per heavy atom. The molecule has 3 nitrogen and oxygen atoms in total. The van der Waals surface area contributed by atoms with Crippen LogP contribution in [0.5, 0.6) is 0 Å². The van der Waals surface area contributed by atoms with Crippen LogP contribution >= 0.6 is 0 Å². The molecule has 0 spiro atoms. The number of amides is 1. The first-order valence-electron chi connectivity index (χ1n) is 7.10. The van der Waals surface area contributed by atoms with Crippen molar-refractivity contribution in [3.63, 3.8) is 0 Å². The normalized spacial score (nSPS) is 10.1. The molecule has 0 aliphatic rings. The van der Waals surface area contributed by atoms with Gasteiger partial charge in [0.25, 0.3) is 5.91 Å². The number of aliphatic hydroxyl groups is 1. The lowest BCUT2D eigenvalue weighted by Crippen LogP contribution is -2.28. The quantitative estimate of drug-likeness (QED) is 0.810. The Hall–Kier alpha value is -1.79. The molecule has 0 radical (unpaired) electrons. The van der Waals surface area contributed by atoms with Gasteiger partial charge in [0, 0.05) is 17.7 Å². The molecule has 1 amide bonds. The molecule has 2 N–H and O–H groups in total. The maximum absolute atomic E-state index is 12.1. The molecule has 0 bridgehead atoms. The molecule has 108 valence electrons. The summed E-state index contributed by atoms with van der Waals surface area (Å²) in [7, 11) is 0. The molecule has 0 atom stereocenters. The van der Waals surface area contributed by atoms with Gasteiger partial charge in [-0.2, -0.15) is 0 Å². The smallest absolute Gasteiger partial charge is 0.251 e. The molecule has 1 aromatic rings. The highest BCUT2D eigenvalue weighted by molar-refractivity contribution is 5.94. The van der Waals surface area contributed by atoms with Crippen LogP contribution in [0.4, 0.5) is 0 Å². The molecule has 0 aliphatic heterocycles. The van der Waals surface area contributed by atoms with E-state index >= 15 is 0 Å². The molecule has 0 fully saturated rings. The average Bonchev–Trinajstić information content (AvgIpc) is 2.46. The topological polar surface area (TPSA) is 49.3 Å². The SMILES string of the molecule is CCC(CC)CNC(=O)c1ccc(C#CCO)c(C)c1. The number of rotatable bonds is 5. The minimum absolute atomic E-state index is 0.0401. The maximum atomic E-state index is 12.1. The van der Waals surface area contributed by atoms with Gasteiger partial charge < -0.3 is 10.4 Å². The van der Waals surface area contributed by atoms with E-state index in [1.807, 2.05) is 19.1 Å². The maximum Gasteiger partial charge on any atom is 0.251 e. The fraction of sp³-hybridized carbons (Fsp3) is 0.471. The Kier molecular flexibility index (Phi) is 6.83. The van der Waals surface area contributed by atoms with Crippen molar-refractivity contribution < 1.29 is 9.90 Å². The Bertz CT molecular complexity index is 507. The highest BCUT2D eigenvalue weighted by Gasteiger charge is 2.09. The van der Waals surface area contributed by atoms with Crippen molar-refractivity contribution in [1.29, 1.82) is 0 Å². The minimum Gasteiger partial charge on any atom is -0.384 e. The zero-order chi connectivity index (χ0) is 15.0. The number of benzene rings is 1. The zero-order valence-electron chi connectivity index (χ0n) is 12.5. The molecule has 0 heterocycles. The van der Waals surface area contributed by atoms with Crippen molar-refractivity contribution in [2.24, 2.45) is 5.92 Å². The molecule has 0 aliphatic carbocycles. The minimum atomic E-state index is -0.156. The van der Waals surface area contributed by atoms with Gasteiger partial charge in [-0.05, 0) is 36.6 Å². The van der Waals surface area contributed by atoms with Crippen LogP contribution in [0.15, 0.2) is 18.2 Å². The van der Waals surface area contributed by atoms with Gasteiger partial charge in [0.2, 0.25) is 0 Å². The monoisotopic (exact) mass is 273 g/mol. The van der Waals surface area contributed by atoms with E-state index in [2.05, 4.69) is 31.0 Å². The standard InChI is InChI=1S/C17H23NO2/c1-4-14(5-2)12-18-17(20)16-9-8-15(7-6-10-19)13(3)11-16/h8-9,11,14,19H,4-5,10,12H2,1-3H3,(H,18,20). The summed E-state index contributed by atoms with van der Waals surface area (Å²) < 4.78 is 0. The van der Waals surface area contributed by atoms with Gasteiger partial charge in [-0.25, -0.2) is 0 Å². The molecule has 20 heavy (non-hydrogen) atoms. The van der Waals surface area contributed by atoms with Gasteiger partial charge in [0.1, 0.15) is 6.61 Å². The first-order chi connectivity index (χ1) is 9.62. The Labute approximate surface area is 121 Å². The Balaban J connectivity index is 2.72. The van der Waals surface area contributed by atoms with Gasteiger partial charge >= 0.3 is 0 Å². The third-order valence-corrected chi connectivity index (χ3v) is 3.50. The summed E-state index contributed by atoms with van der Waals surface area (Å²) in [6.07, 6.45) is 2.15. The lowest BCUT2D eigenvalue weighted by atomic mass is 10.0. The van der Waals surface area contributed by atoms with Crippen LogP contribution < -0.4 is 5.32 Å². The third kappa shape index (κ3) is 4.71. The number of carbonyl (C=O) groups is 1. The summed E-state index contributed by atoms with van der Waals surface area (Å²) in [4.78, 5) is 12.1. The van der Waals surface area contributed by atoms with Crippen LogP contribution in [0.3, 0.4) is 0 Å². The van der Waals surface area contributed by atoms with E-state index in [0.717, 1.165) is 30.5 Å². The lowest BCUT2D eigenvalue weighted by Gasteiger charge is -2.13. The third-order valence-electron chi connectivity index (χ3n) is 3.50. The number of nitrogens with one attached hydrogen (secondary N) is 1. The summed E-state index contributed by atoms with van der Waals surface area (Å²) in [5.41, 5.74) is 2.44.